The normalized spacial score (nSPS) is 23.8. The van der Waals surface area contributed by atoms with Gasteiger partial charge in [0, 0.05) is 31.2 Å². The maximum atomic E-state index is 12.9. The lowest BCUT2D eigenvalue weighted by Gasteiger charge is -2.37. The first-order valence-electron chi connectivity index (χ1n) is 9.82. The van der Waals surface area contributed by atoms with Gasteiger partial charge in [0.1, 0.15) is 0 Å². The minimum Gasteiger partial charge on any atom is -0.342 e. The van der Waals surface area contributed by atoms with Gasteiger partial charge in [-0.25, -0.2) is 4.68 Å². The van der Waals surface area contributed by atoms with Crippen LogP contribution in [-0.4, -0.2) is 63.4 Å². The van der Waals surface area contributed by atoms with E-state index in [2.05, 4.69) is 54.0 Å². The predicted molar refractivity (Wildman–Crippen MR) is 98.4 cm³/mol. The Morgan fingerprint density at radius 2 is 1.92 bits per heavy atom. The number of hydrogen-bond donors (Lipinski definition) is 0. The van der Waals surface area contributed by atoms with Crippen molar-refractivity contribution < 1.29 is 4.79 Å². The summed E-state index contributed by atoms with van der Waals surface area (Å²) in [5.74, 6) is 0.565. The van der Waals surface area contributed by atoms with E-state index >= 15 is 0 Å². The maximum absolute atomic E-state index is 12.9. The van der Waals surface area contributed by atoms with Gasteiger partial charge in [0.05, 0.1) is 17.7 Å². The van der Waals surface area contributed by atoms with Crippen LogP contribution in [-0.2, 0) is 10.2 Å². The van der Waals surface area contributed by atoms with Crippen molar-refractivity contribution in [1.82, 2.24) is 24.8 Å². The molecule has 2 saturated heterocycles. The Bertz CT molecular complexity index is 583. The fraction of sp³-hybridized carbons (Fsp3) is 0.842. The van der Waals surface area contributed by atoms with E-state index in [4.69, 9.17) is 0 Å². The zero-order chi connectivity index (χ0) is 18.0. The summed E-state index contributed by atoms with van der Waals surface area (Å²) in [6.45, 7) is 13.5. The Kier molecular flexibility index (Phi) is 5.46. The molecule has 0 aromatic carbocycles. The molecule has 2 aliphatic rings. The summed E-state index contributed by atoms with van der Waals surface area (Å²) in [5.41, 5.74) is 1.06. The first-order valence-corrected chi connectivity index (χ1v) is 9.82. The van der Waals surface area contributed by atoms with Gasteiger partial charge in [-0.3, -0.25) is 4.79 Å². The fourth-order valence-corrected chi connectivity index (χ4v) is 3.95. The van der Waals surface area contributed by atoms with Gasteiger partial charge in [-0.1, -0.05) is 32.9 Å². The van der Waals surface area contributed by atoms with Gasteiger partial charge in [0.2, 0.25) is 5.91 Å². The van der Waals surface area contributed by atoms with E-state index in [0.717, 1.165) is 64.1 Å². The molecule has 3 rings (SSSR count). The second-order valence-corrected chi connectivity index (χ2v) is 8.62. The van der Waals surface area contributed by atoms with Crippen molar-refractivity contribution in [2.24, 2.45) is 5.92 Å². The number of nitrogens with zero attached hydrogens (tertiary/aromatic N) is 5. The van der Waals surface area contributed by atoms with Crippen LogP contribution in [0.1, 0.15) is 65.1 Å². The van der Waals surface area contributed by atoms with Gasteiger partial charge in [-0.15, -0.1) is 5.10 Å². The highest BCUT2D eigenvalue weighted by atomic mass is 16.2. The lowest BCUT2D eigenvalue weighted by atomic mass is 9.93. The minimum absolute atomic E-state index is 0.0288. The first-order chi connectivity index (χ1) is 11.9. The molecule has 6 nitrogen and oxygen atoms in total. The van der Waals surface area contributed by atoms with Crippen LogP contribution < -0.4 is 0 Å². The largest absolute Gasteiger partial charge is 0.342 e. The Morgan fingerprint density at radius 3 is 2.52 bits per heavy atom. The Labute approximate surface area is 151 Å². The predicted octanol–water partition coefficient (Wildman–Crippen LogP) is 2.47. The highest BCUT2D eigenvalue weighted by Crippen LogP contribution is 2.27. The van der Waals surface area contributed by atoms with E-state index in [-0.39, 0.29) is 11.3 Å². The molecular weight excluding hydrogens is 314 g/mol. The number of amides is 1. The third-order valence-corrected chi connectivity index (χ3v) is 5.73. The molecule has 25 heavy (non-hydrogen) atoms. The quantitative estimate of drug-likeness (QED) is 0.843. The van der Waals surface area contributed by atoms with Crippen LogP contribution in [0.25, 0.3) is 0 Å². The maximum Gasteiger partial charge on any atom is 0.226 e. The molecule has 1 aromatic rings. The Balaban J connectivity index is 1.55. The molecule has 0 aliphatic carbocycles. The monoisotopic (exact) mass is 347 g/mol. The van der Waals surface area contributed by atoms with E-state index in [1.807, 2.05) is 4.68 Å². The van der Waals surface area contributed by atoms with Crippen molar-refractivity contribution >= 4 is 5.91 Å². The smallest absolute Gasteiger partial charge is 0.226 e. The summed E-state index contributed by atoms with van der Waals surface area (Å²) in [6, 6.07) is 0.367. The fourth-order valence-electron chi connectivity index (χ4n) is 3.95. The Morgan fingerprint density at radius 1 is 1.20 bits per heavy atom. The molecule has 0 unspecified atom stereocenters. The SMILES string of the molecule is CCN1CCC[C@@H](C(=O)N2CCC(n3cc(C(C)(C)C)nn3)CC2)C1. The second-order valence-electron chi connectivity index (χ2n) is 8.62. The molecule has 0 saturated carbocycles. The molecule has 2 aliphatic heterocycles. The molecule has 2 fully saturated rings. The number of aromatic nitrogens is 3. The molecule has 140 valence electrons. The van der Waals surface area contributed by atoms with E-state index in [0.29, 0.717) is 11.9 Å². The van der Waals surface area contributed by atoms with Crippen LogP contribution in [0.15, 0.2) is 6.20 Å². The highest BCUT2D eigenvalue weighted by molar-refractivity contribution is 5.79. The standard InChI is InChI=1S/C19H33N5O/c1-5-22-10-6-7-15(13-22)18(25)23-11-8-16(9-12-23)24-14-17(20-21-24)19(2,3)4/h14-16H,5-13H2,1-4H3/t15-/m1/s1. The lowest BCUT2D eigenvalue weighted by molar-refractivity contribution is -0.138. The third-order valence-electron chi connectivity index (χ3n) is 5.73. The molecule has 0 N–H and O–H groups in total. The van der Waals surface area contributed by atoms with Crippen molar-refractivity contribution in [1.29, 1.82) is 0 Å². The van der Waals surface area contributed by atoms with Gasteiger partial charge in [-0.2, -0.15) is 0 Å². The topological polar surface area (TPSA) is 54.3 Å². The molecule has 6 heteroatoms. The molecule has 1 amide bonds. The van der Waals surface area contributed by atoms with E-state index < -0.39 is 0 Å². The molecule has 1 atom stereocenters. The third kappa shape index (κ3) is 4.22. The van der Waals surface area contributed by atoms with Crippen LogP contribution in [0.5, 0.6) is 0 Å². The van der Waals surface area contributed by atoms with E-state index in [1.165, 1.54) is 0 Å². The van der Waals surface area contributed by atoms with Gasteiger partial charge >= 0.3 is 0 Å². The first kappa shape index (κ1) is 18.4. The van der Waals surface area contributed by atoms with Gasteiger partial charge < -0.3 is 9.80 Å². The van der Waals surface area contributed by atoms with Crippen LogP contribution in [0.3, 0.4) is 0 Å². The zero-order valence-corrected chi connectivity index (χ0v) is 16.2. The minimum atomic E-state index is 0.0288. The average molecular weight is 348 g/mol. The van der Waals surface area contributed by atoms with Crippen molar-refractivity contribution in [2.45, 2.75) is 64.8 Å². The summed E-state index contributed by atoms with van der Waals surface area (Å²) in [5, 5.41) is 8.68. The van der Waals surface area contributed by atoms with Crippen LogP contribution >= 0.6 is 0 Å². The van der Waals surface area contributed by atoms with Gasteiger partial charge in [-0.05, 0) is 38.8 Å². The molecule has 0 spiro atoms. The van der Waals surface area contributed by atoms with Gasteiger partial charge in [0.15, 0.2) is 0 Å². The van der Waals surface area contributed by atoms with Crippen molar-refractivity contribution in [3.05, 3.63) is 11.9 Å². The average Bonchev–Trinajstić information content (AvgIpc) is 3.12. The van der Waals surface area contributed by atoms with E-state index in [9.17, 15) is 4.79 Å². The number of carbonyl (C=O) groups excluding carboxylic acids is 1. The molecule has 3 heterocycles. The van der Waals surface area contributed by atoms with Crippen LogP contribution in [0.2, 0.25) is 0 Å². The second kappa shape index (κ2) is 7.44. The number of carbonyl (C=O) groups is 1. The number of likely N-dealkylation sites (tertiary alicyclic amines) is 2. The van der Waals surface area contributed by atoms with Crippen molar-refractivity contribution in [2.75, 3.05) is 32.7 Å². The van der Waals surface area contributed by atoms with Gasteiger partial charge in [0.25, 0.3) is 0 Å². The highest BCUT2D eigenvalue weighted by Gasteiger charge is 2.32. The Hall–Kier alpha value is -1.43. The zero-order valence-electron chi connectivity index (χ0n) is 16.2. The van der Waals surface area contributed by atoms with Crippen LogP contribution in [0.4, 0.5) is 0 Å². The molecular formula is C19H33N5O. The van der Waals surface area contributed by atoms with E-state index in [1.54, 1.807) is 0 Å². The summed E-state index contributed by atoms with van der Waals surface area (Å²) >= 11 is 0. The number of piperidine rings is 2. The molecule has 0 bridgehead atoms. The number of hydrogen-bond acceptors (Lipinski definition) is 4. The lowest BCUT2D eigenvalue weighted by Crippen LogP contribution is -2.47. The van der Waals surface area contributed by atoms with Crippen LogP contribution in [0, 0.1) is 5.92 Å². The summed E-state index contributed by atoms with van der Waals surface area (Å²) < 4.78 is 2.02. The molecule has 1 aromatic heterocycles. The summed E-state index contributed by atoms with van der Waals surface area (Å²) in [7, 11) is 0. The van der Waals surface area contributed by atoms with Crippen molar-refractivity contribution in [3.63, 3.8) is 0 Å². The summed E-state index contributed by atoms with van der Waals surface area (Å²) in [4.78, 5) is 17.3. The van der Waals surface area contributed by atoms with Crippen molar-refractivity contribution in [3.8, 4) is 0 Å². The molecule has 0 radical (unpaired) electrons. The number of rotatable bonds is 3. The summed E-state index contributed by atoms with van der Waals surface area (Å²) in [6.07, 6.45) is 6.23.